The molecule has 2 aromatic heterocycles. The van der Waals surface area contributed by atoms with Gasteiger partial charge in [0.05, 0.1) is 11.8 Å². The van der Waals surface area contributed by atoms with Gasteiger partial charge in [-0.15, -0.1) is 0 Å². The van der Waals surface area contributed by atoms with Crippen molar-refractivity contribution >= 4 is 21.6 Å². The number of imidazole rings is 1. The highest BCUT2D eigenvalue weighted by Crippen LogP contribution is 2.17. The molecule has 2 aromatic rings. The maximum absolute atomic E-state index is 8.75. The van der Waals surface area contributed by atoms with E-state index in [-0.39, 0.29) is 0 Å². The lowest BCUT2D eigenvalue weighted by molar-refractivity contribution is 1.12. The summed E-state index contributed by atoms with van der Waals surface area (Å²) in [5.74, 6) is 0. The van der Waals surface area contributed by atoms with Crippen molar-refractivity contribution in [3.8, 4) is 6.07 Å². The van der Waals surface area contributed by atoms with Crippen molar-refractivity contribution in [1.82, 2.24) is 9.38 Å². The topological polar surface area (TPSA) is 41.1 Å². The van der Waals surface area contributed by atoms with Crippen molar-refractivity contribution in [2.24, 2.45) is 0 Å². The minimum Gasteiger partial charge on any atom is -0.293 e. The summed E-state index contributed by atoms with van der Waals surface area (Å²) in [6, 6.07) is 3.94. The van der Waals surface area contributed by atoms with Gasteiger partial charge in [0, 0.05) is 6.20 Å². The van der Waals surface area contributed by atoms with Crippen molar-refractivity contribution in [3.05, 3.63) is 34.2 Å². The second-order valence-electron chi connectivity index (χ2n) is 2.80. The van der Waals surface area contributed by atoms with Crippen LogP contribution in [-0.2, 0) is 0 Å². The normalized spacial score (nSPS) is 10.2. The fraction of sp³-hybridized carbons (Fsp3) is 0.111. The molecule has 13 heavy (non-hydrogen) atoms. The summed E-state index contributed by atoms with van der Waals surface area (Å²) in [5, 5.41) is 8.75. The van der Waals surface area contributed by atoms with Gasteiger partial charge in [0.25, 0.3) is 0 Å². The van der Waals surface area contributed by atoms with Gasteiger partial charge in [-0.3, -0.25) is 4.40 Å². The quantitative estimate of drug-likeness (QED) is 0.704. The van der Waals surface area contributed by atoms with E-state index in [0.29, 0.717) is 5.56 Å². The number of hydrogen-bond acceptors (Lipinski definition) is 2. The van der Waals surface area contributed by atoms with Crippen LogP contribution in [0.1, 0.15) is 11.1 Å². The van der Waals surface area contributed by atoms with Gasteiger partial charge in [-0.2, -0.15) is 5.26 Å². The van der Waals surface area contributed by atoms with E-state index in [4.69, 9.17) is 5.26 Å². The van der Waals surface area contributed by atoms with Crippen molar-refractivity contribution < 1.29 is 0 Å². The van der Waals surface area contributed by atoms with E-state index >= 15 is 0 Å². The Bertz CT molecular complexity index is 507. The molecule has 3 nitrogen and oxygen atoms in total. The molecule has 0 aromatic carbocycles. The number of aryl methyl sites for hydroxylation is 1. The Morgan fingerprint density at radius 2 is 2.38 bits per heavy atom. The van der Waals surface area contributed by atoms with Crippen LogP contribution in [0.4, 0.5) is 0 Å². The van der Waals surface area contributed by atoms with E-state index in [9.17, 15) is 0 Å². The zero-order valence-corrected chi connectivity index (χ0v) is 8.54. The summed E-state index contributed by atoms with van der Waals surface area (Å²) in [6.07, 6.45) is 3.49. The highest BCUT2D eigenvalue weighted by Gasteiger charge is 2.04. The van der Waals surface area contributed by atoms with E-state index < -0.39 is 0 Å². The summed E-state index contributed by atoms with van der Waals surface area (Å²) in [4.78, 5) is 4.20. The Balaban J connectivity index is 2.90. The third kappa shape index (κ3) is 1.21. The van der Waals surface area contributed by atoms with Crippen molar-refractivity contribution in [2.75, 3.05) is 0 Å². The van der Waals surface area contributed by atoms with E-state index in [1.807, 2.05) is 17.4 Å². The van der Waals surface area contributed by atoms with Crippen molar-refractivity contribution in [2.45, 2.75) is 6.92 Å². The average Bonchev–Trinajstić information content (AvgIpc) is 2.48. The zero-order chi connectivity index (χ0) is 9.42. The number of halogens is 1. The van der Waals surface area contributed by atoms with E-state index in [2.05, 4.69) is 27.0 Å². The molecule has 0 N–H and O–H groups in total. The van der Waals surface area contributed by atoms with Crippen molar-refractivity contribution in [1.29, 1.82) is 5.26 Å². The van der Waals surface area contributed by atoms with E-state index in [1.165, 1.54) is 0 Å². The predicted molar refractivity (Wildman–Crippen MR) is 52.3 cm³/mol. The Labute approximate surface area is 83.8 Å². The van der Waals surface area contributed by atoms with E-state index in [1.54, 1.807) is 12.4 Å². The van der Waals surface area contributed by atoms with Gasteiger partial charge in [0.2, 0.25) is 0 Å². The van der Waals surface area contributed by atoms with Crippen LogP contribution in [0.15, 0.2) is 23.1 Å². The Kier molecular flexibility index (Phi) is 1.82. The van der Waals surface area contributed by atoms with Crippen LogP contribution in [0.25, 0.3) is 5.65 Å². The Morgan fingerprint density at radius 3 is 3.08 bits per heavy atom. The highest BCUT2D eigenvalue weighted by molar-refractivity contribution is 9.10. The molecule has 64 valence electrons. The third-order valence-corrected chi connectivity index (χ3v) is 2.46. The second-order valence-corrected chi connectivity index (χ2v) is 3.61. The van der Waals surface area contributed by atoms with Gasteiger partial charge in [-0.05, 0) is 34.5 Å². The summed E-state index contributed by atoms with van der Waals surface area (Å²) in [7, 11) is 0. The number of rotatable bonds is 0. The predicted octanol–water partition coefficient (Wildman–Crippen LogP) is 2.28. The molecular weight excluding hydrogens is 230 g/mol. The molecule has 0 atom stereocenters. The number of nitrogens with zero attached hydrogens (tertiary/aromatic N) is 3. The molecular formula is C9H6BrN3. The molecule has 0 aliphatic heterocycles. The lowest BCUT2D eigenvalue weighted by Gasteiger charge is -1.99. The van der Waals surface area contributed by atoms with E-state index in [0.717, 1.165) is 15.8 Å². The van der Waals surface area contributed by atoms with Crippen LogP contribution >= 0.6 is 15.9 Å². The Hall–Kier alpha value is -1.34. The van der Waals surface area contributed by atoms with Gasteiger partial charge < -0.3 is 0 Å². The molecule has 0 bridgehead atoms. The minimum atomic E-state index is 0.642. The van der Waals surface area contributed by atoms with Crippen LogP contribution in [0.2, 0.25) is 0 Å². The first-order valence-electron chi connectivity index (χ1n) is 3.75. The zero-order valence-electron chi connectivity index (χ0n) is 6.95. The van der Waals surface area contributed by atoms with Crippen molar-refractivity contribution in [3.63, 3.8) is 0 Å². The van der Waals surface area contributed by atoms with Crippen LogP contribution in [0.3, 0.4) is 0 Å². The number of fused-ring (bicyclic) bond motifs is 1. The fourth-order valence-electron chi connectivity index (χ4n) is 1.29. The standard InChI is InChI=1S/C9H6BrN3/c1-6-2-7(3-11)5-13-8(10)4-12-9(6)13/h2,4-5H,1H3. The molecule has 0 amide bonds. The molecule has 0 radical (unpaired) electrons. The molecule has 0 aliphatic carbocycles. The summed E-state index contributed by atoms with van der Waals surface area (Å²) < 4.78 is 2.72. The monoisotopic (exact) mass is 235 g/mol. The van der Waals surface area contributed by atoms with Crippen LogP contribution in [0, 0.1) is 18.3 Å². The first-order valence-corrected chi connectivity index (χ1v) is 4.55. The maximum atomic E-state index is 8.75. The third-order valence-electron chi connectivity index (χ3n) is 1.87. The van der Waals surface area contributed by atoms with Gasteiger partial charge in [-0.25, -0.2) is 4.98 Å². The largest absolute Gasteiger partial charge is 0.293 e. The first kappa shape index (κ1) is 8.27. The Morgan fingerprint density at radius 1 is 1.62 bits per heavy atom. The van der Waals surface area contributed by atoms with Crippen LogP contribution in [-0.4, -0.2) is 9.38 Å². The van der Waals surface area contributed by atoms with Gasteiger partial charge in [0.15, 0.2) is 0 Å². The molecule has 2 heterocycles. The molecule has 0 fully saturated rings. The lowest BCUT2D eigenvalue weighted by Crippen LogP contribution is -1.90. The molecule has 0 saturated carbocycles. The average molecular weight is 236 g/mol. The lowest BCUT2D eigenvalue weighted by atomic mass is 10.2. The minimum absolute atomic E-state index is 0.642. The SMILES string of the molecule is Cc1cc(C#N)cn2c(Br)cnc12. The van der Waals surface area contributed by atoms with Gasteiger partial charge >= 0.3 is 0 Å². The highest BCUT2D eigenvalue weighted by atomic mass is 79.9. The summed E-state index contributed by atoms with van der Waals surface area (Å²) in [6.45, 7) is 1.94. The molecule has 4 heteroatoms. The molecule has 0 spiro atoms. The molecule has 0 saturated heterocycles. The van der Waals surface area contributed by atoms with Crippen LogP contribution in [0.5, 0.6) is 0 Å². The number of pyridine rings is 1. The van der Waals surface area contributed by atoms with Crippen LogP contribution < -0.4 is 0 Å². The molecule has 0 aliphatic rings. The molecule has 2 rings (SSSR count). The second kappa shape index (κ2) is 2.86. The fourth-order valence-corrected chi connectivity index (χ4v) is 1.66. The van der Waals surface area contributed by atoms with Gasteiger partial charge in [-0.1, -0.05) is 0 Å². The molecule has 0 unspecified atom stereocenters. The summed E-state index contributed by atoms with van der Waals surface area (Å²) in [5.41, 5.74) is 2.53. The summed E-state index contributed by atoms with van der Waals surface area (Å²) >= 11 is 3.36. The number of aromatic nitrogens is 2. The van der Waals surface area contributed by atoms with Gasteiger partial charge in [0.1, 0.15) is 16.3 Å². The maximum Gasteiger partial charge on any atom is 0.140 e. The number of nitriles is 1. The smallest absolute Gasteiger partial charge is 0.140 e. The number of hydrogen-bond donors (Lipinski definition) is 0. The first-order chi connectivity index (χ1) is 6.22.